The topological polar surface area (TPSA) is 78.9 Å². The van der Waals surface area contributed by atoms with Crippen molar-refractivity contribution in [3.05, 3.63) is 0 Å². The minimum Gasteiger partial charge on any atom is -0.462 e. The Labute approximate surface area is 329 Å². The largest absolute Gasteiger partial charge is 0.462 e. The molecule has 0 aliphatic rings. The second-order valence-corrected chi connectivity index (χ2v) is 17.0. The number of hydrogen-bond donors (Lipinski definition) is 0. The first-order valence-corrected chi connectivity index (χ1v) is 23.2. The molecule has 0 rings (SSSR count). The predicted octanol–water partition coefficient (Wildman–Crippen LogP) is 14.6. The van der Waals surface area contributed by atoms with Crippen LogP contribution in [0.4, 0.5) is 0 Å². The molecule has 0 aliphatic carbocycles. The van der Waals surface area contributed by atoms with Crippen LogP contribution in [0, 0.1) is 11.8 Å². The van der Waals surface area contributed by atoms with Gasteiger partial charge in [0.25, 0.3) is 0 Å². The predicted molar refractivity (Wildman–Crippen MR) is 224 cm³/mol. The van der Waals surface area contributed by atoms with Crippen LogP contribution in [0.3, 0.4) is 0 Å². The maximum Gasteiger partial charge on any atom is 0.306 e. The van der Waals surface area contributed by atoms with Crippen molar-refractivity contribution >= 4 is 17.9 Å². The van der Waals surface area contributed by atoms with E-state index in [9.17, 15) is 14.4 Å². The van der Waals surface area contributed by atoms with E-state index in [4.69, 9.17) is 14.2 Å². The summed E-state index contributed by atoms with van der Waals surface area (Å²) >= 11 is 0. The summed E-state index contributed by atoms with van der Waals surface area (Å²) in [6.07, 6.45) is 38.3. The third-order valence-electron chi connectivity index (χ3n) is 10.5. The first kappa shape index (κ1) is 51.4. The second kappa shape index (κ2) is 40.1. The molecule has 0 saturated carbocycles. The average Bonchev–Trinajstić information content (AvgIpc) is 3.12. The summed E-state index contributed by atoms with van der Waals surface area (Å²) in [6, 6.07) is 0. The molecular formula is C47H90O6. The molecule has 0 amide bonds. The Hall–Kier alpha value is -1.59. The molecule has 0 N–H and O–H groups in total. The van der Waals surface area contributed by atoms with E-state index in [-0.39, 0.29) is 31.1 Å². The molecule has 0 aromatic carbocycles. The molecule has 0 unspecified atom stereocenters. The summed E-state index contributed by atoms with van der Waals surface area (Å²) in [7, 11) is 0. The Balaban J connectivity index is 4.14. The maximum atomic E-state index is 12.6. The smallest absolute Gasteiger partial charge is 0.306 e. The average molecular weight is 751 g/mol. The zero-order chi connectivity index (χ0) is 39.0. The molecule has 0 aromatic heterocycles. The van der Waals surface area contributed by atoms with Crippen molar-refractivity contribution in [3.63, 3.8) is 0 Å². The van der Waals surface area contributed by atoms with Gasteiger partial charge in [-0.2, -0.15) is 0 Å². The molecule has 0 radical (unpaired) electrons. The van der Waals surface area contributed by atoms with Gasteiger partial charge in [0.15, 0.2) is 6.10 Å². The van der Waals surface area contributed by atoms with E-state index in [0.717, 1.165) is 69.6 Å². The van der Waals surface area contributed by atoms with Crippen LogP contribution in [0.2, 0.25) is 0 Å². The van der Waals surface area contributed by atoms with E-state index >= 15 is 0 Å². The van der Waals surface area contributed by atoms with Gasteiger partial charge in [0.1, 0.15) is 13.2 Å². The van der Waals surface area contributed by atoms with Crippen LogP contribution in [0.25, 0.3) is 0 Å². The molecule has 0 heterocycles. The highest BCUT2D eigenvalue weighted by Crippen LogP contribution is 2.17. The number of unbranched alkanes of at least 4 members (excludes halogenated alkanes) is 26. The third-order valence-corrected chi connectivity index (χ3v) is 10.5. The highest BCUT2D eigenvalue weighted by atomic mass is 16.6. The number of ether oxygens (including phenoxy) is 3. The van der Waals surface area contributed by atoms with Crippen molar-refractivity contribution in [1.29, 1.82) is 0 Å². The fourth-order valence-electron chi connectivity index (χ4n) is 6.93. The van der Waals surface area contributed by atoms with Crippen LogP contribution >= 0.6 is 0 Å². The van der Waals surface area contributed by atoms with Crippen molar-refractivity contribution in [2.24, 2.45) is 11.8 Å². The zero-order valence-corrected chi connectivity index (χ0v) is 36.1. The van der Waals surface area contributed by atoms with Crippen molar-refractivity contribution in [1.82, 2.24) is 0 Å². The fraction of sp³-hybridized carbons (Fsp3) is 0.936. The van der Waals surface area contributed by atoms with Gasteiger partial charge in [0, 0.05) is 19.3 Å². The van der Waals surface area contributed by atoms with Crippen molar-refractivity contribution in [3.8, 4) is 0 Å². The van der Waals surface area contributed by atoms with Gasteiger partial charge >= 0.3 is 17.9 Å². The van der Waals surface area contributed by atoms with Crippen LogP contribution in [0.5, 0.6) is 0 Å². The second-order valence-electron chi connectivity index (χ2n) is 17.0. The lowest BCUT2D eigenvalue weighted by Crippen LogP contribution is -2.30. The van der Waals surface area contributed by atoms with Crippen molar-refractivity contribution in [2.75, 3.05) is 13.2 Å². The maximum absolute atomic E-state index is 12.6. The van der Waals surface area contributed by atoms with Crippen molar-refractivity contribution in [2.45, 2.75) is 259 Å². The lowest BCUT2D eigenvalue weighted by Gasteiger charge is -2.18. The van der Waals surface area contributed by atoms with Crippen LogP contribution in [-0.2, 0) is 28.6 Å². The molecule has 1 atom stereocenters. The third kappa shape index (κ3) is 41.4. The van der Waals surface area contributed by atoms with Gasteiger partial charge < -0.3 is 14.2 Å². The number of rotatable bonds is 41. The van der Waals surface area contributed by atoms with Gasteiger partial charge in [0.05, 0.1) is 0 Å². The van der Waals surface area contributed by atoms with Gasteiger partial charge in [-0.25, -0.2) is 0 Å². The molecule has 6 nitrogen and oxygen atoms in total. The lowest BCUT2D eigenvalue weighted by atomic mass is 10.0. The quantitative estimate of drug-likeness (QED) is 0.0352. The van der Waals surface area contributed by atoms with E-state index < -0.39 is 6.10 Å². The van der Waals surface area contributed by atoms with Gasteiger partial charge in [-0.15, -0.1) is 0 Å². The monoisotopic (exact) mass is 751 g/mol. The molecule has 0 spiro atoms. The summed E-state index contributed by atoms with van der Waals surface area (Å²) in [4.78, 5) is 37.5. The summed E-state index contributed by atoms with van der Waals surface area (Å²) in [5.41, 5.74) is 0. The summed E-state index contributed by atoms with van der Waals surface area (Å²) in [5.74, 6) is 0.744. The van der Waals surface area contributed by atoms with Crippen LogP contribution in [0.1, 0.15) is 253 Å². The van der Waals surface area contributed by atoms with E-state index in [1.165, 1.54) is 141 Å². The number of carbonyl (C=O) groups excluding carboxylic acids is 3. The Morgan fingerprint density at radius 1 is 0.358 bits per heavy atom. The summed E-state index contributed by atoms with van der Waals surface area (Å²) in [5, 5.41) is 0. The van der Waals surface area contributed by atoms with Gasteiger partial charge in [-0.05, 0) is 31.1 Å². The molecular weight excluding hydrogens is 661 g/mol. The Kier molecular flexibility index (Phi) is 38.9. The zero-order valence-electron chi connectivity index (χ0n) is 36.1. The fourth-order valence-corrected chi connectivity index (χ4v) is 6.93. The highest BCUT2D eigenvalue weighted by Gasteiger charge is 2.19. The molecule has 0 aromatic rings. The normalized spacial score (nSPS) is 12.1. The highest BCUT2D eigenvalue weighted by molar-refractivity contribution is 5.71. The van der Waals surface area contributed by atoms with Crippen molar-refractivity contribution < 1.29 is 28.6 Å². The molecule has 0 fully saturated rings. The Morgan fingerprint density at radius 3 is 0.925 bits per heavy atom. The first-order valence-electron chi connectivity index (χ1n) is 23.2. The Morgan fingerprint density at radius 2 is 0.623 bits per heavy atom. The molecule has 6 heteroatoms. The standard InChI is InChI=1S/C47H90O6/c1-6-7-8-9-20-27-32-37-45(48)51-40-44(53-47(50)39-34-29-24-23-26-31-36-43(4)5)41-52-46(49)38-33-28-22-19-17-15-13-11-10-12-14-16-18-21-25-30-35-42(2)3/h42-44H,6-41H2,1-5H3/t44-/m0/s1. The summed E-state index contributed by atoms with van der Waals surface area (Å²) < 4.78 is 16.6. The van der Waals surface area contributed by atoms with Gasteiger partial charge in [-0.1, -0.05) is 214 Å². The van der Waals surface area contributed by atoms with Gasteiger partial charge in [0.2, 0.25) is 0 Å². The molecule has 314 valence electrons. The minimum absolute atomic E-state index is 0.0659. The van der Waals surface area contributed by atoms with Gasteiger partial charge in [-0.3, -0.25) is 14.4 Å². The number of esters is 3. The number of hydrogen-bond acceptors (Lipinski definition) is 6. The van der Waals surface area contributed by atoms with Crippen LogP contribution < -0.4 is 0 Å². The SMILES string of the molecule is CCCCCCCCCC(=O)OC[C@@H](COC(=O)CCCCCCCCCCCCCCCCCCC(C)C)OC(=O)CCCCCCCCC(C)C. The van der Waals surface area contributed by atoms with E-state index in [1.54, 1.807) is 0 Å². The number of carbonyl (C=O) groups is 3. The molecule has 0 saturated heterocycles. The van der Waals surface area contributed by atoms with Crippen LogP contribution in [-0.4, -0.2) is 37.2 Å². The minimum atomic E-state index is -0.759. The summed E-state index contributed by atoms with van der Waals surface area (Å²) in [6.45, 7) is 11.2. The molecule has 0 bridgehead atoms. The van der Waals surface area contributed by atoms with E-state index in [2.05, 4.69) is 34.6 Å². The van der Waals surface area contributed by atoms with E-state index in [0.29, 0.717) is 19.3 Å². The molecule has 0 aliphatic heterocycles. The van der Waals surface area contributed by atoms with Crippen LogP contribution in [0.15, 0.2) is 0 Å². The van der Waals surface area contributed by atoms with E-state index in [1.807, 2.05) is 0 Å². The first-order chi connectivity index (χ1) is 25.7. The Bertz CT molecular complexity index is 809. The lowest BCUT2D eigenvalue weighted by molar-refractivity contribution is -0.167. The molecule has 53 heavy (non-hydrogen) atoms.